The number of nitrogens with zero attached hydrogens (tertiary/aromatic N) is 5. The van der Waals surface area contributed by atoms with Crippen molar-refractivity contribution < 1.29 is 38.8 Å². The molecule has 0 fully saturated rings. The minimum atomic E-state index is -1.39. The number of unbranched alkanes of at least 4 members (excludes halogenated alkanes) is 8. The number of carbonyl (C=O) groups is 1. The number of non-ortho nitro benzene ring substituents is 2. The molecule has 444 valence electrons. The predicted octanol–water partition coefficient (Wildman–Crippen LogP) is 14.6. The Hall–Kier alpha value is -12.1. The first-order valence-electron chi connectivity index (χ1n) is 28.9. The largest absolute Gasteiger partial charge is 0.491 e. The Morgan fingerprint density at radius 3 is 1.06 bits per heavy atom. The van der Waals surface area contributed by atoms with Crippen molar-refractivity contribution in [1.82, 2.24) is 0 Å². The molecular weight excluding hydrogens is 1140 g/mol. The Morgan fingerprint density at radius 2 is 0.722 bits per heavy atom. The van der Waals surface area contributed by atoms with Gasteiger partial charge in [0.25, 0.3) is 22.7 Å². The van der Waals surface area contributed by atoms with Crippen LogP contribution in [0.5, 0.6) is 5.75 Å². The first-order chi connectivity index (χ1) is 43.8. The number of ether oxygens (including phenoxy) is 2. The zero-order chi connectivity index (χ0) is 63.2. The van der Waals surface area contributed by atoms with Gasteiger partial charge in [-0.15, -0.1) is 0 Å². The lowest BCUT2D eigenvalue weighted by Gasteiger charge is -2.17. The Balaban J connectivity index is 0.864. The van der Waals surface area contributed by atoms with Crippen LogP contribution in [0.1, 0.15) is 131 Å². The maximum Gasteiger partial charge on any atom is 0.349 e. The first-order valence-corrected chi connectivity index (χ1v) is 28.9. The van der Waals surface area contributed by atoms with Crippen molar-refractivity contribution in [2.75, 3.05) is 13.2 Å². The summed E-state index contributed by atoms with van der Waals surface area (Å²) in [6.45, 7) is 1.71. The zero-order valence-electron chi connectivity index (χ0n) is 48.7. The minimum Gasteiger partial charge on any atom is -0.491 e. The van der Waals surface area contributed by atoms with Gasteiger partial charge in [-0.3, -0.25) is 40.5 Å². The van der Waals surface area contributed by atoms with Crippen molar-refractivity contribution in [3.8, 4) is 76.1 Å². The molecule has 9 rings (SSSR count). The Morgan fingerprint density at radius 1 is 0.411 bits per heavy atom. The normalized spacial score (nSPS) is 10.9. The molecule has 0 saturated heterocycles. The number of hydrogen-bond acceptors (Lipinski definition) is 13. The van der Waals surface area contributed by atoms with Crippen LogP contribution in [0.2, 0.25) is 0 Å². The number of esters is 1. The van der Waals surface area contributed by atoms with E-state index in [0.717, 1.165) is 91.3 Å². The summed E-state index contributed by atoms with van der Waals surface area (Å²) in [6, 6.07) is 51.7. The Bertz CT molecular complexity index is 4160. The van der Waals surface area contributed by atoms with Crippen LogP contribution in [-0.4, -0.2) is 50.7 Å². The molecule has 0 bridgehead atoms. The molecule has 0 spiro atoms. The number of nitro benzene ring substituents is 4. The van der Waals surface area contributed by atoms with Crippen LogP contribution < -0.4 is 4.74 Å². The third-order valence-electron chi connectivity index (χ3n) is 14.2. The van der Waals surface area contributed by atoms with Crippen molar-refractivity contribution in [1.29, 1.82) is 0 Å². The molecule has 0 heterocycles. The van der Waals surface area contributed by atoms with Gasteiger partial charge in [0.15, 0.2) is 5.75 Å². The van der Waals surface area contributed by atoms with Crippen LogP contribution in [0.25, 0.3) is 11.1 Å². The molecule has 8 aromatic carbocycles. The number of hydrogen-bond donors (Lipinski definition) is 0. The number of benzene rings is 8. The van der Waals surface area contributed by atoms with Crippen LogP contribution in [0.3, 0.4) is 0 Å². The summed E-state index contributed by atoms with van der Waals surface area (Å²) in [5.74, 6) is 34.1. The van der Waals surface area contributed by atoms with E-state index < -0.39 is 71.4 Å². The SMILES string of the molecule is CC(ON=C1c2cc([N+](=O)[O-])cc([N+](=O)[O-])c2-c2c1cc([N+](=O)[O-])cc2[N+](=O)[O-])C(=O)OCCCCCCCCCCCOc1c(C#Cc2ccccc2)c(C#Cc2ccccc2)c(C#Cc2ccccc2)c(C#Cc2ccccc2)c1C#Cc1ccccc1. The Kier molecular flexibility index (Phi) is 21.4. The molecule has 0 radical (unpaired) electrons. The molecule has 1 atom stereocenters. The van der Waals surface area contributed by atoms with Crippen LogP contribution in [-0.2, 0) is 14.4 Å². The predicted molar refractivity (Wildman–Crippen MR) is 341 cm³/mol. The van der Waals surface area contributed by atoms with Gasteiger partial charge < -0.3 is 14.3 Å². The molecule has 17 nitrogen and oxygen atoms in total. The van der Waals surface area contributed by atoms with E-state index in [9.17, 15) is 45.3 Å². The summed E-state index contributed by atoms with van der Waals surface area (Å²) in [5, 5.41) is 51.9. The lowest BCUT2D eigenvalue weighted by atomic mass is 9.89. The van der Waals surface area contributed by atoms with E-state index in [0.29, 0.717) is 58.7 Å². The van der Waals surface area contributed by atoms with Gasteiger partial charge in [0.05, 0.1) is 84.0 Å². The number of fused-ring (bicyclic) bond motifs is 3. The maximum absolute atomic E-state index is 13.0. The smallest absolute Gasteiger partial charge is 0.349 e. The molecule has 1 aliphatic rings. The molecule has 0 aliphatic heterocycles. The quantitative estimate of drug-likeness (QED) is 0.0228. The monoisotopic (exact) mass is 1190 g/mol. The lowest BCUT2D eigenvalue weighted by molar-refractivity contribution is -0.395. The third kappa shape index (κ3) is 16.2. The molecule has 90 heavy (non-hydrogen) atoms. The number of nitro groups is 4. The third-order valence-corrected chi connectivity index (χ3v) is 14.2. The van der Waals surface area contributed by atoms with Crippen LogP contribution in [0.4, 0.5) is 22.7 Å². The Labute approximate surface area is 519 Å². The van der Waals surface area contributed by atoms with Gasteiger partial charge >= 0.3 is 5.97 Å². The highest BCUT2D eigenvalue weighted by Crippen LogP contribution is 2.50. The van der Waals surface area contributed by atoms with E-state index in [1.807, 2.05) is 152 Å². The molecule has 1 aliphatic carbocycles. The van der Waals surface area contributed by atoms with E-state index in [2.05, 4.69) is 64.4 Å². The lowest BCUT2D eigenvalue weighted by Crippen LogP contribution is -2.22. The van der Waals surface area contributed by atoms with Gasteiger partial charge in [-0.2, -0.15) is 0 Å². The molecule has 0 aromatic heterocycles. The van der Waals surface area contributed by atoms with Gasteiger partial charge in [-0.1, -0.05) is 200 Å². The first kappa shape index (κ1) is 62.4. The van der Waals surface area contributed by atoms with Crippen molar-refractivity contribution in [2.24, 2.45) is 5.16 Å². The number of carbonyl (C=O) groups excluding carboxylic acids is 1. The fourth-order valence-corrected chi connectivity index (χ4v) is 9.71. The van der Waals surface area contributed by atoms with E-state index in [4.69, 9.17) is 14.3 Å². The highest BCUT2D eigenvalue weighted by molar-refractivity contribution is 6.27. The molecule has 0 amide bonds. The summed E-state index contributed by atoms with van der Waals surface area (Å²) in [5.41, 5.74) is 1.68. The van der Waals surface area contributed by atoms with Crippen LogP contribution >= 0.6 is 0 Å². The molecule has 1 unspecified atom stereocenters. The van der Waals surface area contributed by atoms with Crippen LogP contribution in [0, 0.1) is 99.7 Å². The topological polar surface area (TPSA) is 230 Å². The maximum atomic E-state index is 13.0. The van der Waals surface area contributed by atoms with Gasteiger partial charge in [0.1, 0.15) is 5.71 Å². The second-order valence-corrected chi connectivity index (χ2v) is 20.5. The summed E-state index contributed by atoms with van der Waals surface area (Å²) >= 11 is 0. The second-order valence-electron chi connectivity index (χ2n) is 20.5. The fraction of sp³-hybridized carbons (Fsp3) is 0.178. The van der Waals surface area contributed by atoms with E-state index in [-0.39, 0.29) is 17.7 Å². The zero-order valence-corrected chi connectivity index (χ0v) is 48.7. The average molecular weight is 1190 g/mol. The van der Waals surface area contributed by atoms with Crippen molar-refractivity contribution in [3.05, 3.63) is 283 Å². The van der Waals surface area contributed by atoms with Crippen LogP contribution in [0.15, 0.2) is 181 Å². The van der Waals surface area contributed by atoms with E-state index >= 15 is 0 Å². The van der Waals surface area contributed by atoms with Gasteiger partial charge in [0.2, 0.25) is 6.10 Å². The molecule has 0 saturated carbocycles. The van der Waals surface area contributed by atoms with Crippen molar-refractivity contribution >= 4 is 34.4 Å². The molecule has 17 heteroatoms. The van der Waals surface area contributed by atoms with E-state index in [1.165, 1.54) is 6.92 Å². The summed E-state index contributed by atoms with van der Waals surface area (Å²) in [4.78, 5) is 62.6. The molecule has 8 aromatic rings. The van der Waals surface area contributed by atoms with E-state index in [1.54, 1.807) is 0 Å². The van der Waals surface area contributed by atoms with Gasteiger partial charge in [0, 0.05) is 51.1 Å². The average Bonchev–Trinajstić information content (AvgIpc) is 1.56. The fourth-order valence-electron chi connectivity index (χ4n) is 9.71. The van der Waals surface area contributed by atoms with Crippen molar-refractivity contribution in [3.63, 3.8) is 0 Å². The van der Waals surface area contributed by atoms with Gasteiger partial charge in [-0.25, -0.2) is 4.79 Å². The summed E-state index contributed by atoms with van der Waals surface area (Å²) in [7, 11) is 0. The highest BCUT2D eigenvalue weighted by Gasteiger charge is 2.42. The number of rotatable bonds is 20. The minimum absolute atomic E-state index is 0.0522. The summed E-state index contributed by atoms with van der Waals surface area (Å²) < 4.78 is 12.4. The highest BCUT2D eigenvalue weighted by atomic mass is 16.7. The second kappa shape index (κ2) is 30.8. The molecular formula is C73H55N5O12. The standard InChI is InChI=1S/C73H55N5O12/c1-52(90-74-71-65-48-58(75(80)81)50-67(77(84)85)69(65)70-66(71)49-59(76(82)83)51-68(70)78(86)87)73(79)89-47-25-8-6-4-2-3-5-7-24-46-88-72-63(44-39-56-32-20-12-21-33-56)61(42-37-54-28-16-10-17-29-54)60(41-36-53-26-14-9-15-27-53)62(43-38-55-30-18-11-19-31-55)64(72)45-40-57-34-22-13-23-35-57/h9-23,26-35,48-52H,2-8,24-25,46-47H2,1H3. The van der Waals surface area contributed by atoms with Gasteiger partial charge in [-0.05, 0) is 80.4 Å². The number of oxime groups is 1. The summed E-state index contributed by atoms with van der Waals surface area (Å²) in [6.07, 6.45) is 6.29. The molecule has 0 N–H and O–H groups in total. The van der Waals surface area contributed by atoms with Crippen molar-refractivity contribution in [2.45, 2.75) is 70.8 Å².